The summed E-state index contributed by atoms with van der Waals surface area (Å²) in [6, 6.07) is 0.887. The van der Waals surface area contributed by atoms with E-state index in [9.17, 15) is 0 Å². The SMILES string of the molecule is CCO[Si](C)(CCC=N)OCC. The zero-order valence-corrected chi connectivity index (χ0v) is 9.22. The zero-order valence-electron chi connectivity index (χ0n) is 8.22. The molecule has 12 heavy (non-hydrogen) atoms. The van der Waals surface area contributed by atoms with E-state index >= 15 is 0 Å². The van der Waals surface area contributed by atoms with Crippen molar-refractivity contribution in [3.63, 3.8) is 0 Å². The summed E-state index contributed by atoms with van der Waals surface area (Å²) >= 11 is 0. The first-order valence-corrected chi connectivity index (χ1v) is 6.97. The topological polar surface area (TPSA) is 42.3 Å². The van der Waals surface area contributed by atoms with Crippen LogP contribution in [0.4, 0.5) is 0 Å². The van der Waals surface area contributed by atoms with Gasteiger partial charge in [-0.3, -0.25) is 0 Å². The van der Waals surface area contributed by atoms with Gasteiger partial charge in [0.1, 0.15) is 0 Å². The second-order valence-electron chi connectivity index (χ2n) is 2.74. The Morgan fingerprint density at radius 2 is 1.75 bits per heavy atom. The summed E-state index contributed by atoms with van der Waals surface area (Å²) in [7, 11) is -1.92. The number of hydrogen-bond acceptors (Lipinski definition) is 3. The minimum atomic E-state index is -1.92. The van der Waals surface area contributed by atoms with E-state index in [0.29, 0.717) is 13.2 Å². The Labute approximate surface area is 75.8 Å². The summed E-state index contributed by atoms with van der Waals surface area (Å²) in [6.45, 7) is 7.44. The second kappa shape index (κ2) is 6.34. The first-order chi connectivity index (χ1) is 5.68. The van der Waals surface area contributed by atoms with Crippen molar-refractivity contribution in [2.24, 2.45) is 0 Å². The lowest BCUT2D eigenvalue weighted by Gasteiger charge is -2.25. The molecule has 3 nitrogen and oxygen atoms in total. The molecule has 0 spiro atoms. The highest BCUT2D eigenvalue weighted by Gasteiger charge is 2.29. The first-order valence-electron chi connectivity index (χ1n) is 4.45. The molecule has 0 aromatic heterocycles. The van der Waals surface area contributed by atoms with Crippen molar-refractivity contribution in [1.82, 2.24) is 0 Å². The lowest BCUT2D eigenvalue weighted by molar-refractivity contribution is 0.189. The van der Waals surface area contributed by atoms with E-state index < -0.39 is 8.56 Å². The van der Waals surface area contributed by atoms with Gasteiger partial charge in [0, 0.05) is 13.2 Å². The molecule has 0 fully saturated rings. The molecule has 0 aromatic rings. The molecule has 0 aliphatic carbocycles. The number of hydrogen-bond donors (Lipinski definition) is 1. The molecule has 0 bridgehead atoms. The van der Waals surface area contributed by atoms with Crippen LogP contribution in [-0.2, 0) is 8.85 Å². The van der Waals surface area contributed by atoms with Gasteiger partial charge in [0.2, 0.25) is 0 Å². The van der Waals surface area contributed by atoms with E-state index in [1.54, 1.807) is 0 Å². The minimum Gasteiger partial charge on any atom is -0.395 e. The highest BCUT2D eigenvalue weighted by molar-refractivity contribution is 6.66. The fourth-order valence-corrected chi connectivity index (χ4v) is 3.39. The summed E-state index contributed by atoms with van der Waals surface area (Å²) < 4.78 is 11.2. The largest absolute Gasteiger partial charge is 0.395 e. The van der Waals surface area contributed by atoms with Gasteiger partial charge in [0.15, 0.2) is 0 Å². The van der Waals surface area contributed by atoms with Crippen LogP contribution in [-0.4, -0.2) is 28.0 Å². The van der Waals surface area contributed by atoms with Crippen molar-refractivity contribution >= 4 is 14.8 Å². The molecule has 0 unspecified atom stereocenters. The monoisotopic (exact) mass is 189 g/mol. The predicted octanol–water partition coefficient (Wildman–Crippen LogP) is 2.17. The van der Waals surface area contributed by atoms with Gasteiger partial charge in [0.05, 0.1) is 0 Å². The van der Waals surface area contributed by atoms with E-state index in [-0.39, 0.29) is 0 Å². The van der Waals surface area contributed by atoms with Gasteiger partial charge in [-0.25, -0.2) is 0 Å². The lowest BCUT2D eigenvalue weighted by Crippen LogP contribution is -2.38. The Hall–Kier alpha value is -0.193. The van der Waals surface area contributed by atoms with Gasteiger partial charge < -0.3 is 14.3 Å². The molecular weight excluding hydrogens is 170 g/mol. The van der Waals surface area contributed by atoms with Crippen molar-refractivity contribution < 1.29 is 8.85 Å². The first kappa shape index (κ1) is 11.8. The fourth-order valence-electron chi connectivity index (χ4n) is 1.13. The highest BCUT2D eigenvalue weighted by atomic mass is 28.4. The van der Waals surface area contributed by atoms with Crippen LogP contribution < -0.4 is 0 Å². The summed E-state index contributed by atoms with van der Waals surface area (Å²) in [6.07, 6.45) is 2.19. The third-order valence-corrected chi connectivity index (χ3v) is 4.64. The average Bonchev–Trinajstić information content (AvgIpc) is 2.02. The fraction of sp³-hybridized carbons (Fsp3) is 0.875. The standard InChI is InChI=1S/C8H19NO2Si/c1-4-10-12(3,11-5-2)8-6-7-9/h7,9H,4-6,8H2,1-3H3. The minimum absolute atomic E-state index is 0.709. The molecule has 72 valence electrons. The quantitative estimate of drug-likeness (QED) is 0.492. The van der Waals surface area contributed by atoms with Crippen LogP contribution in [0.3, 0.4) is 0 Å². The molecule has 0 aliphatic heterocycles. The van der Waals surface area contributed by atoms with Crippen LogP contribution in [0.25, 0.3) is 0 Å². The predicted molar refractivity (Wildman–Crippen MR) is 53.1 cm³/mol. The summed E-state index contributed by atoms with van der Waals surface area (Å²) in [5.74, 6) is 0. The molecule has 0 aliphatic rings. The van der Waals surface area contributed by atoms with Crippen molar-refractivity contribution in [2.45, 2.75) is 32.9 Å². The normalized spacial score (nSPS) is 11.6. The molecule has 4 heteroatoms. The van der Waals surface area contributed by atoms with E-state index in [2.05, 4.69) is 6.55 Å². The van der Waals surface area contributed by atoms with E-state index in [1.807, 2.05) is 13.8 Å². The Bertz CT molecular complexity index is 124. The van der Waals surface area contributed by atoms with Gasteiger partial charge >= 0.3 is 8.56 Å². The van der Waals surface area contributed by atoms with Gasteiger partial charge in [-0.2, -0.15) is 0 Å². The summed E-state index contributed by atoms with van der Waals surface area (Å²) in [5.41, 5.74) is 0. The van der Waals surface area contributed by atoms with Crippen molar-refractivity contribution in [1.29, 1.82) is 5.41 Å². The Balaban J connectivity index is 3.88. The Morgan fingerprint density at radius 1 is 1.25 bits per heavy atom. The average molecular weight is 189 g/mol. The second-order valence-corrected chi connectivity index (χ2v) is 6.09. The van der Waals surface area contributed by atoms with Crippen LogP contribution in [0.1, 0.15) is 20.3 Å². The van der Waals surface area contributed by atoms with Crippen LogP contribution in [0.2, 0.25) is 12.6 Å². The zero-order chi connectivity index (χ0) is 9.45. The highest BCUT2D eigenvalue weighted by Crippen LogP contribution is 2.14. The van der Waals surface area contributed by atoms with Crippen molar-refractivity contribution in [3.8, 4) is 0 Å². The Morgan fingerprint density at radius 3 is 2.08 bits per heavy atom. The molecule has 0 radical (unpaired) electrons. The molecule has 0 aromatic carbocycles. The van der Waals surface area contributed by atoms with E-state index in [1.165, 1.54) is 6.21 Å². The maximum Gasteiger partial charge on any atom is 0.335 e. The van der Waals surface area contributed by atoms with Crippen LogP contribution >= 0.6 is 0 Å². The third kappa shape index (κ3) is 4.64. The Kier molecular flexibility index (Phi) is 6.23. The molecular formula is C8H19NO2Si. The maximum atomic E-state index is 6.93. The van der Waals surface area contributed by atoms with Crippen molar-refractivity contribution in [2.75, 3.05) is 13.2 Å². The molecule has 0 saturated heterocycles. The lowest BCUT2D eigenvalue weighted by atomic mass is 10.5. The van der Waals surface area contributed by atoms with Crippen LogP contribution in [0, 0.1) is 5.41 Å². The molecule has 0 amide bonds. The van der Waals surface area contributed by atoms with E-state index in [0.717, 1.165) is 12.5 Å². The van der Waals surface area contributed by atoms with Gasteiger partial charge in [-0.15, -0.1) is 0 Å². The molecule has 0 heterocycles. The molecule has 1 N–H and O–H groups in total. The molecule has 0 saturated carbocycles. The molecule has 0 atom stereocenters. The van der Waals surface area contributed by atoms with Gasteiger partial charge in [0.25, 0.3) is 0 Å². The summed E-state index contributed by atoms with van der Waals surface area (Å²) in [4.78, 5) is 0. The molecule has 0 rings (SSSR count). The van der Waals surface area contributed by atoms with Gasteiger partial charge in [-0.05, 0) is 39.1 Å². The van der Waals surface area contributed by atoms with Crippen LogP contribution in [0.5, 0.6) is 0 Å². The number of nitrogens with one attached hydrogen (secondary N) is 1. The van der Waals surface area contributed by atoms with Crippen LogP contribution in [0.15, 0.2) is 0 Å². The van der Waals surface area contributed by atoms with Crippen molar-refractivity contribution in [3.05, 3.63) is 0 Å². The maximum absolute atomic E-state index is 6.93. The third-order valence-electron chi connectivity index (χ3n) is 1.64. The summed E-state index contributed by atoms with van der Waals surface area (Å²) in [5, 5.41) is 6.93. The van der Waals surface area contributed by atoms with Gasteiger partial charge in [-0.1, -0.05) is 0 Å². The van der Waals surface area contributed by atoms with E-state index in [4.69, 9.17) is 14.3 Å². The smallest absolute Gasteiger partial charge is 0.335 e. The number of rotatable bonds is 7.